The second-order valence-corrected chi connectivity index (χ2v) is 4.19. The highest BCUT2D eigenvalue weighted by atomic mass is 79.9. The van der Waals surface area contributed by atoms with Crippen LogP contribution in [0.1, 0.15) is 0 Å². The molecule has 0 aliphatic rings. The van der Waals surface area contributed by atoms with Crippen LogP contribution in [0.2, 0.25) is 0 Å². The van der Waals surface area contributed by atoms with Crippen molar-refractivity contribution in [1.29, 1.82) is 0 Å². The summed E-state index contributed by atoms with van der Waals surface area (Å²) in [6.07, 6.45) is 1.69. The first-order valence-corrected chi connectivity index (χ1v) is 5.60. The van der Waals surface area contributed by atoms with E-state index in [-0.39, 0.29) is 0 Å². The molecule has 3 nitrogen and oxygen atoms in total. The van der Waals surface area contributed by atoms with Gasteiger partial charge in [-0.3, -0.25) is 0 Å². The van der Waals surface area contributed by atoms with Crippen molar-refractivity contribution in [3.05, 3.63) is 47.1 Å². The monoisotopic (exact) mass is 274 g/mol. The predicted molar refractivity (Wildman–Crippen MR) is 64.9 cm³/mol. The molecule has 0 spiro atoms. The molecule has 78 valence electrons. The van der Waals surface area contributed by atoms with Gasteiger partial charge in [0, 0.05) is 11.8 Å². The number of aromatic nitrogens is 2. The Morgan fingerprint density at radius 3 is 2.62 bits per heavy atom. The van der Waals surface area contributed by atoms with Crippen molar-refractivity contribution >= 4 is 27.2 Å². The maximum absolute atomic E-state index is 5.58. The van der Waals surface area contributed by atoms with Gasteiger partial charge < -0.3 is 4.42 Å². The van der Waals surface area contributed by atoms with Gasteiger partial charge in [0.05, 0.1) is 4.47 Å². The first-order valence-electron chi connectivity index (χ1n) is 4.81. The van der Waals surface area contributed by atoms with Crippen LogP contribution < -0.4 is 0 Å². The molecule has 3 aromatic rings. The first kappa shape index (κ1) is 9.54. The summed E-state index contributed by atoms with van der Waals surface area (Å²) in [5.41, 5.74) is 2.25. The minimum Gasteiger partial charge on any atom is -0.418 e. The summed E-state index contributed by atoms with van der Waals surface area (Å²) in [4.78, 5) is 8.54. The van der Waals surface area contributed by atoms with Gasteiger partial charge in [-0.25, -0.2) is 9.97 Å². The summed E-state index contributed by atoms with van der Waals surface area (Å²) in [7, 11) is 0. The molecule has 0 fully saturated rings. The van der Waals surface area contributed by atoms with Crippen molar-refractivity contribution in [2.45, 2.75) is 0 Å². The molecule has 0 saturated carbocycles. The van der Waals surface area contributed by atoms with Crippen LogP contribution in [0, 0.1) is 0 Å². The van der Waals surface area contributed by atoms with Crippen LogP contribution in [-0.2, 0) is 0 Å². The maximum atomic E-state index is 5.58. The van der Waals surface area contributed by atoms with E-state index in [4.69, 9.17) is 4.42 Å². The summed E-state index contributed by atoms with van der Waals surface area (Å²) in [5, 5.41) is 0. The van der Waals surface area contributed by atoms with Crippen LogP contribution in [0.3, 0.4) is 0 Å². The molecule has 2 aromatic heterocycles. The molecule has 4 heteroatoms. The molecule has 1 aromatic carbocycles. The van der Waals surface area contributed by atoms with Crippen molar-refractivity contribution in [3.63, 3.8) is 0 Å². The zero-order valence-electron chi connectivity index (χ0n) is 8.22. The highest BCUT2D eigenvalue weighted by molar-refractivity contribution is 9.10. The molecule has 0 amide bonds. The molecule has 0 saturated heterocycles. The molecular weight excluding hydrogens is 268 g/mol. The molecule has 3 rings (SSSR count). The topological polar surface area (TPSA) is 38.9 Å². The third kappa shape index (κ3) is 1.51. The number of hydrogen-bond acceptors (Lipinski definition) is 3. The van der Waals surface area contributed by atoms with Gasteiger partial charge >= 0.3 is 0 Å². The van der Waals surface area contributed by atoms with Gasteiger partial charge in [-0.1, -0.05) is 18.2 Å². The molecule has 0 aliphatic carbocycles. The smallest absolute Gasteiger partial charge is 0.248 e. The summed E-state index contributed by atoms with van der Waals surface area (Å²) in [6, 6.07) is 11.6. The highest BCUT2D eigenvalue weighted by Crippen LogP contribution is 2.26. The van der Waals surface area contributed by atoms with E-state index in [1.165, 1.54) is 0 Å². The Morgan fingerprint density at radius 2 is 1.88 bits per heavy atom. The van der Waals surface area contributed by atoms with Crippen LogP contribution in [-0.4, -0.2) is 9.97 Å². The molecule has 0 bridgehead atoms. The Hall–Kier alpha value is -1.68. The van der Waals surface area contributed by atoms with Gasteiger partial charge in [0.25, 0.3) is 0 Å². The number of rotatable bonds is 1. The van der Waals surface area contributed by atoms with E-state index in [1.807, 2.05) is 36.4 Å². The van der Waals surface area contributed by atoms with E-state index < -0.39 is 0 Å². The summed E-state index contributed by atoms with van der Waals surface area (Å²) >= 11 is 3.42. The second kappa shape index (κ2) is 3.72. The van der Waals surface area contributed by atoms with Crippen molar-refractivity contribution in [3.8, 4) is 11.5 Å². The number of oxazole rings is 1. The van der Waals surface area contributed by atoms with Gasteiger partial charge in [-0.05, 0) is 34.1 Å². The lowest BCUT2D eigenvalue weighted by Gasteiger charge is -1.91. The van der Waals surface area contributed by atoms with Crippen molar-refractivity contribution < 1.29 is 4.42 Å². The zero-order chi connectivity index (χ0) is 11.0. The number of halogens is 1. The third-order valence-corrected chi connectivity index (χ3v) is 2.91. The van der Waals surface area contributed by atoms with E-state index in [0.29, 0.717) is 11.6 Å². The highest BCUT2D eigenvalue weighted by Gasteiger charge is 2.10. The maximum Gasteiger partial charge on any atom is 0.248 e. The Morgan fingerprint density at radius 1 is 1.06 bits per heavy atom. The molecule has 0 radical (unpaired) electrons. The second-order valence-electron chi connectivity index (χ2n) is 3.33. The number of hydrogen-bond donors (Lipinski definition) is 0. The zero-order valence-corrected chi connectivity index (χ0v) is 9.81. The van der Waals surface area contributed by atoms with Crippen LogP contribution >= 0.6 is 15.9 Å². The Kier molecular flexibility index (Phi) is 2.22. The van der Waals surface area contributed by atoms with E-state index in [0.717, 1.165) is 15.6 Å². The Balaban J connectivity index is 2.23. The number of fused-ring (bicyclic) bond motifs is 1. The Bertz CT molecular complexity index is 634. The van der Waals surface area contributed by atoms with Gasteiger partial charge in [0.2, 0.25) is 11.6 Å². The molecule has 0 unspecified atom stereocenters. The molecule has 0 aliphatic heterocycles. The SMILES string of the molecule is Brc1ccnc2oc(-c3ccccc3)nc12. The summed E-state index contributed by atoms with van der Waals surface area (Å²) in [5.74, 6) is 0.593. The Labute approximate surface area is 100 Å². The minimum atomic E-state index is 0.549. The van der Waals surface area contributed by atoms with Gasteiger partial charge in [-0.15, -0.1) is 0 Å². The fourth-order valence-electron chi connectivity index (χ4n) is 1.51. The summed E-state index contributed by atoms with van der Waals surface area (Å²) in [6.45, 7) is 0. The normalized spacial score (nSPS) is 10.8. The largest absolute Gasteiger partial charge is 0.418 e. The van der Waals surface area contributed by atoms with Gasteiger partial charge in [0.1, 0.15) is 5.52 Å². The molecule has 16 heavy (non-hydrogen) atoms. The van der Waals surface area contributed by atoms with Crippen LogP contribution in [0.15, 0.2) is 51.5 Å². The molecule has 0 N–H and O–H groups in total. The summed E-state index contributed by atoms with van der Waals surface area (Å²) < 4.78 is 6.47. The van der Waals surface area contributed by atoms with E-state index in [1.54, 1.807) is 6.20 Å². The first-order chi connectivity index (χ1) is 7.84. The van der Waals surface area contributed by atoms with E-state index in [2.05, 4.69) is 25.9 Å². The van der Waals surface area contributed by atoms with Gasteiger partial charge in [0.15, 0.2) is 0 Å². The van der Waals surface area contributed by atoms with E-state index in [9.17, 15) is 0 Å². The predicted octanol–water partition coefficient (Wildman–Crippen LogP) is 3.65. The number of benzene rings is 1. The van der Waals surface area contributed by atoms with Crippen molar-refractivity contribution in [2.24, 2.45) is 0 Å². The molecule has 2 heterocycles. The third-order valence-electron chi connectivity index (χ3n) is 2.27. The average Bonchev–Trinajstić information content (AvgIpc) is 2.76. The van der Waals surface area contributed by atoms with Crippen LogP contribution in [0.4, 0.5) is 0 Å². The van der Waals surface area contributed by atoms with Crippen LogP contribution in [0.5, 0.6) is 0 Å². The van der Waals surface area contributed by atoms with Crippen molar-refractivity contribution in [2.75, 3.05) is 0 Å². The average molecular weight is 275 g/mol. The fourth-order valence-corrected chi connectivity index (χ4v) is 1.89. The minimum absolute atomic E-state index is 0.549. The number of pyridine rings is 1. The van der Waals surface area contributed by atoms with Gasteiger partial charge in [-0.2, -0.15) is 0 Å². The fraction of sp³-hybridized carbons (Fsp3) is 0. The lowest BCUT2D eigenvalue weighted by Crippen LogP contribution is -1.76. The molecule has 0 atom stereocenters. The lowest BCUT2D eigenvalue weighted by atomic mass is 10.2. The quantitative estimate of drug-likeness (QED) is 0.680. The van der Waals surface area contributed by atoms with E-state index >= 15 is 0 Å². The standard InChI is InChI=1S/C12H7BrN2O/c13-9-6-7-14-12-10(9)15-11(16-12)8-4-2-1-3-5-8/h1-7H. The number of nitrogens with zero attached hydrogens (tertiary/aromatic N) is 2. The molecular formula is C12H7BrN2O. The van der Waals surface area contributed by atoms with Crippen molar-refractivity contribution in [1.82, 2.24) is 9.97 Å². The van der Waals surface area contributed by atoms with Crippen LogP contribution in [0.25, 0.3) is 22.7 Å². The lowest BCUT2D eigenvalue weighted by molar-refractivity contribution is 0.608.